The second-order valence-electron chi connectivity index (χ2n) is 6.77. The zero-order chi connectivity index (χ0) is 19.2. The van der Waals surface area contributed by atoms with Gasteiger partial charge in [-0.05, 0) is 66.1 Å². The molecule has 0 saturated heterocycles. The molecular formula is C25H23N3. The normalized spacial score (nSPS) is 10.4. The number of nitrogens with two attached hydrogens (primary N) is 1. The van der Waals surface area contributed by atoms with Crippen LogP contribution in [-0.2, 0) is 6.42 Å². The van der Waals surface area contributed by atoms with Crippen LogP contribution in [0.4, 0.5) is 28.4 Å². The van der Waals surface area contributed by atoms with Crippen LogP contribution in [-0.4, -0.2) is 0 Å². The van der Waals surface area contributed by atoms with E-state index in [1.807, 2.05) is 42.5 Å². The van der Waals surface area contributed by atoms with Crippen molar-refractivity contribution in [2.75, 3.05) is 16.4 Å². The van der Waals surface area contributed by atoms with Crippen LogP contribution < -0.4 is 16.4 Å². The smallest absolute Gasteiger partial charge is 0.0405 e. The molecule has 0 fully saturated rings. The fraction of sp³-hybridized carbons (Fsp3) is 0.0400. The Kier molecular flexibility index (Phi) is 5.25. The standard InChI is InChI=1S/C25H23N3/c26-25-15-14-24(17-20(25)16-19-8-3-1-4-9-19)28-23-13-7-12-22(18-23)27-21-10-5-2-6-11-21/h1-15,17-18,27-28H,16,26H2. The molecule has 0 unspecified atom stereocenters. The molecule has 0 aliphatic heterocycles. The summed E-state index contributed by atoms with van der Waals surface area (Å²) in [5.41, 5.74) is 13.5. The summed E-state index contributed by atoms with van der Waals surface area (Å²) in [4.78, 5) is 0. The Balaban J connectivity index is 1.51. The van der Waals surface area contributed by atoms with E-state index in [0.29, 0.717) is 0 Å². The molecule has 4 N–H and O–H groups in total. The van der Waals surface area contributed by atoms with Gasteiger partial charge in [0.05, 0.1) is 0 Å². The lowest BCUT2D eigenvalue weighted by Gasteiger charge is -2.13. The van der Waals surface area contributed by atoms with E-state index in [0.717, 1.165) is 40.4 Å². The molecule has 0 aliphatic carbocycles. The van der Waals surface area contributed by atoms with E-state index in [4.69, 9.17) is 5.73 Å². The molecule has 28 heavy (non-hydrogen) atoms. The van der Waals surface area contributed by atoms with Crippen molar-refractivity contribution in [3.05, 3.63) is 114 Å². The highest BCUT2D eigenvalue weighted by atomic mass is 14.9. The van der Waals surface area contributed by atoms with Crippen molar-refractivity contribution < 1.29 is 0 Å². The highest BCUT2D eigenvalue weighted by Gasteiger charge is 2.04. The number of hydrogen-bond donors (Lipinski definition) is 3. The van der Waals surface area contributed by atoms with Crippen LogP contribution in [0.1, 0.15) is 11.1 Å². The molecule has 4 aromatic rings. The van der Waals surface area contributed by atoms with E-state index in [9.17, 15) is 0 Å². The molecular weight excluding hydrogens is 342 g/mol. The number of hydrogen-bond acceptors (Lipinski definition) is 3. The molecule has 3 nitrogen and oxygen atoms in total. The predicted octanol–water partition coefficient (Wildman–Crippen LogP) is 6.35. The van der Waals surface area contributed by atoms with E-state index in [1.54, 1.807) is 0 Å². The number of rotatable bonds is 6. The predicted molar refractivity (Wildman–Crippen MR) is 120 cm³/mol. The van der Waals surface area contributed by atoms with Gasteiger partial charge in [-0.2, -0.15) is 0 Å². The molecule has 0 atom stereocenters. The minimum absolute atomic E-state index is 0.814. The van der Waals surface area contributed by atoms with Gasteiger partial charge in [0.2, 0.25) is 0 Å². The van der Waals surface area contributed by atoms with Gasteiger partial charge in [-0.15, -0.1) is 0 Å². The molecule has 0 saturated carbocycles. The van der Waals surface area contributed by atoms with Gasteiger partial charge in [-0.1, -0.05) is 54.6 Å². The van der Waals surface area contributed by atoms with Crippen LogP contribution in [0.3, 0.4) is 0 Å². The summed E-state index contributed by atoms with van der Waals surface area (Å²) in [5.74, 6) is 0. The van der Waals surface area contributed by atoms with Crippen molar-refractivity contribution >= 4 is 28.4 Å². The molecule has 4 aromatic carbocycles. The van der Waals surface area contributed by atoms with E-state index >= 15 is 0 Å². The van der Waals surface area contributed by atoms with Crippen molar-refractivity contribution in [3.8, 4) is 0 Å². The molecule has 0 heterocycles. The zero-order valence-electron chi connectivity index (χ0n) is 15.6. The van der Waals surface area contributed by atoms with Crippen molar-refractivity contribution in [1.82, 2.24) is 0 Å². The maximum absolute atomic E-state index is 6.20. The first-order valence-corrected chi connectivity index (χ1v) is 9.38. The minimum atomic E-state index is 0.814. The van der Waals surface area contributed by atoms with Crippen molar-refractivity contribution in [1.29, 1.82) is 0 Å². The average Bonchev–Trinajstić information content (AvgIpc) is 2.72. The summed E-state index contributed by atoms with van der Waals surface area (Å²) in [7, 11) is 0. The van der Waals surface area contributed by atoms with Gasteiger partial charge in [0.25, 0.3) is 0 Å². The Labute approximate surface area is 165 Å². The van der Waals surface area contributed by atoms with Gasteiger partial charge < -0.3 is 16.4 Å². The monoisotopic (exact) mass is 365 g/mol. The first-order chi connectivity index (χ1) is 13.8. The van der Waals surface area contributed by atoms with Gasteiger partial charge in [0.15, 0.2) is 0 Å². The van der Waals surface area contributed by atoms with Crippen molar-refractivity contribution in [2.24, 2.45) is 0 Å². The topological polar surface area (TPSA) is 50.1 Å². The third kappa shape index (κ3) is 4.51. The quantitative estimate of drug-likeness (QED) is 0.349. The second-order valence-corrected chi connectivity index (χ2v) is 6.77. The van der Waals surface area contributed by atoms with Gasteiger partial charge in [0, 0.05) is 28.4 Å². The number of nitrogens with one attached hydrogen (secondary N) is 2. The lowest BCUT2D eigenvalue weighted by molar-refractivity contribution is 1.20. The Hall–Kier alpha value is -3.72. The van der Waals surface area contributed by atoms with Crippen LogP contribution >= 0.6 is 0 Å². The molecule has 0 spiro atoms. The number of nitrogen functional groups attached to an aromatic ring is 1. The lowest BCUT2D eigenvalue weighted by Crippen LogP contribution is -1.99. The summed E-state index contributed by atoms with van der Waals surface area (Å²) in [6.07, 6.45) is 0.817. The summed E-state index contributed by atoms with van der Waals surface area (Å²) in [5, 5.41) is 6.91. The largest absolute Gasteiger partial charge is 0.398 e. The maximum atomic E-state index is 6.20. The van der Waals surface area contributed by atoms with Gasteiger partial charge in [0.1, 0.15) is 0 Å². The Morgan fingerprint density at radius 3 is 1.82 bits per heavy atom. The van der Waals surface area contributed by atoms with Crippen LogP contribution in [0, 0.1) is 0 Å². The maximum Gasteiger partial charge on any atom is 0.0405 e. The van der Waals surface area contributed by atoms with Crippen LogP contribution in [0.25, 0.3) is 0 Å². The number of benzene rings is 4. The molecule has 4 rings (SSSR count). The van der Waals surface area contributed by atoms with Crippen LogP contribution in [0.5, 0.6) is 0 Å². The molecule has 3 heteroatoms. The van der Waals surface area contributed by atoms with Crippen LogP contribution in [0.15, 0.2) is 103 Å². The van der Waals surface area contributed by atoms with E-state index in [1.165, 1.54) is 5.56 Å². The molecule has 138 valence electrons. The second kappa shape index (κ2) is 8.31. The Morgan fingerprint density at radius 1 is 0.536 bits per heavy atom. The summed E-state index contributed by atoms with van der Waals surface area (Å²) in [6.45, 7) is 0. The van der Waals surface area contributed by atoms with Gasteiger partial charge >= 0.3 is 0 Å². The molecule has 0 aromatic heterocycles. The van der Waals surface area contributed by atoms with E-state index in [-0.39, 0.29) is 0 Å². The molecule has 0 amide bonds. The highest BCUT2D eigenvalue weighted by Crippen LogP contribution is 2.26. The third-order valence-electron chi connectivity index (χ3n) is 4.59. The summed E-state index contributed by atoms with van der Waals surface area (Å²) in [6, 6.07) is 34.9. The highest BCUT2D eigenvalue weighted by molar-refractivity contribution is 5.70. The molecule has 0 aliphatic rings. The summed E-state index contributed by atoms with van der Waals surface area (Å²) < 4.78 is 0. The van der Waals surface area contributed by atoms with Gasteiger partial charge in [-0.3, -0.25) is 0 Å². The van der Waals surface area contributed by atoms with Crippen molar-refractivity contribution in [2.45, 2.75) is 6.42 Å². The lowest BCUT2D eigenvalue weighted by atomic mass is 10.0. The van der Waals surface area contributed by atoms with Crippen LogP contribution in [0.2, 0.25) is 0 Å². The Bertz CT molecular complexity index is 1040. The fourth-order valence-electron chi connectivity index (χ4n) is 3.18. The fourth-order valence-corrected chi connectivity index (χ4v) is 3.18. The number of para-hydroxylation sites is 1. The van der Waals surface area contributed by atoms with Crippen molar-refractivity contribution in [3.63, 3.8) is 0 Å². The molecule has 0 bridgehead atoms. The summed E-state index contributed by atoms with van der Waals surface area (Å²) >= 11 is 0. The third-order valence-corrected chi connectivity index (χ3v) is 4.59. The zero-order valence-corrected chi connectivity index (χ0v) is 15.6. The average molecular weight is 365 g/mol. The SMILES string of the molecule is Nc1ccc(Nc2cccc(Nc3ccccc3)c2)cc1Cc1ccccc1. The minimum Gasteiger partial charge on any atom is -0.398 e. The number of anilines is 5. The van der Waals surface area contributed by atoms with E-state index < -0.39 is 0 Å². The molecule has 0 radical (unpaired) electrons. The first kappa shape index (κ1) is 17.7. The first-order valence-electron chi connectivity index (χ1n) is 9.38. The Morgan fingerprint density at radius 2 is 1.11 bits per heavy atom. The van der Waals surface area contributed by atoms with E-state index in [2.05, 4.69) is 71.3 Å². The van der Waals surface area contributed by atoms with Gasteiger partial charge in [-0.25, -0.2) is 0 Å².